The van der Waals surface area contributed by atoms with Gasteiger partial charge in [-0.05, 0) is 19.4 Å². The van der Waals surface area contributed by atoms with Gasteiger partial charge in [-0.2, -0.15) is 5.10 Å². The summed E-state index contributed by atoms with van der Waals surface area (Å²) in [6.45, 7) is 5.43. The Kier molecular flexibility index (Phi) is 5.16. The third-order valence-electron chi connectivity index (χ3n) is 3.52. The first-order valence-electron chi connectivity index (χ1n) is 7.28. The molecule has 1 unspecified atom stereocenters. The smallest absolute Gasteiger partial charge is 0.307 e. The molecule has 1 aromatic carbocycles. The lowest BCUT2D eigenvalue weighted by Crippen LogP contribution is -2.38. The van der Waals surface area contributed by atoms with Crippen LogP contribution in [-0.4, -0.2) is 24.7 Å². The second kappa shape index (κ2) is 6.73. The molecule has 2 rings (SSSR count). The molecule has 1 aromatic rings. The number of hydrogen-bond donors (Lipinski definition) is 1. The Morgan fingerprint density at radius 2 is 1.86 bits per heavy atom. The van der Waals surface area contributed by atoms with E-state index in [1.54, 1.807) is 13.8 Å². The predicted molar refractivity (Wildman–Crippen MR) is 84.8 cm³/mol. The molecule has 0 aromatic heterocycles. The molecule has 6 nitrogen and oxygen atoms in total. The summed E-state index contributed by atoms with van der Waals surface area (Å²) in [5, 5.41) is 2.92. The highest BCUT2D eigenvalue weighted by atomic mass is 31.2. The van der Waals surface area contributed by atoms with Crippen LogP contribution in [0.3, 0.4) is 0 Å². The molecule has 1 aliphatic rings. The van der Waals surface area contributed by atoms with Gasteiger partial charge in [-0.15, -0.1) is 0 Å². The molecule has 0 aliphatic carbocycles. The lowest BCUT2D eigenvalue weighted by atomic mass is 10.0. The Hall–Kier alpha value is -1.49. The van der Waals surface area contributed by atoms with Gasteiger partial charge in [-0.3, -0.25) is 14.8 Å². The quantitative estimate of drug-likeness (QED) is 0.780. The van der Waals surface area contributed by atoms with Crippen molar-refractivity contribution in [3.05, 3.63) is 35.9 Å². The molecule has 0 fully saturated rings. The SMILES string of the molecule is CCOP(=O)(OCC)C1(c2ccccc2)CC(C(C)=O)=NN1. The monoisotopic (exact) mass is 324 g/mol. The van der Waals surface area contributed by atoms with Crippen LogP contribution in [0.5, 0.6) is 0 Å². The van der Waals surface area contributed by atoms with E-state index in [0.717, 1.165) is 5.56 Å². The van der Waals surface area contributed by atoms with Gasteiger partial charge in [0.25, 0.3) is 0 Å². The van der Waals surface area contributed by atoms with Crippen LogP contribution >= 0.6 is 7.60 Å². The van der Waals surface area contributed by atoms with Gasteiger partial charge >= 0.3 is 7.60 Å². The van der Waals surface area contributed by atoms with Crippen molar-refractivity contribution in [1.29, 1.82) is 0 Å². The largest absolute Gasteiger partial charge is 0.362 e. The van der Waals surface area contributed by atoms with E-state index in [1.807, 2.05) is 30.3 Å². The maximum atomic E-state index is 13.4. The normalized spacial score (nSPS) is 21.3. The Morgan fingerprint density at radius 1 is 1.27 bits per heavy atom. The molecule has 7 heteroatoms. The van der Waals surface area contributed by atoms with Gasteiger partial charge in [0.15, 0.2) is 11.1 Å². The van der Waals surface area contributed by atoms with Crippen molar-refractivity contribution in [2.75, 3.05) is 13.2 Å². The Labute approximate surface area is 130 Å². The van der Waals surface area contributed by atoms with E-state index in [9.17, 15) is 9.36 Å². The third kappa shape index (κ3) is 2.86. The number of Topliss-reactive ketones (excluding diaryl/α,β-unsaturated/α-hetero) is 1. The number of benzene rings is 1. The van der Waals surface area contributed by atoms with Gasteiger partial charge in [-0.1, -0.05) is 30.3 Å². The average molecular weight is 324 g/mol. The van der Waals surface area contributed by atoms with Crippen LogP contribution in [0.1, 0.15) is 32.8 Å². The fourth-order valence-corrected chi connectivity index (χ4v) is 4.66. The number of carbonyl (C=O) groups excluding carboxylic acids is 1. The van der Waals surface area contributed by atoms with Crippen LogP contribution in [-0.2, 0) is 23.7 Å². The van der Waals surface area contributed by atoms with E-state index >= 15 is 0 Å². The molecule has 1 N–H and O–H groups in total. The Morgan fingerprint density at radius 3 is 2.32 bits per heavy atom. The minimum Gasteiger partial charge on any atom is -0.307 e. The highest BCUT2D eigenvalue weighted by molar-refractivity contribution is 7.55. The highest BCUT2D eigenvalue weighted by Crippen LogP contribution is 2.66. The second-order valence-electron chi connectivity index (χ2n) is 4.96. The minimum absolute atomic E-state index is 0.162. The number of hydrazone groups is 1. The summed E-state index contributed by atoms with van der Waals surface area (Å²) in [5.74, 6) is -0.162. The molecular formula is C15H21N2O4P. The van der Waals surface area contributed by atoms with Crippen molar-refractivity contribution in [3.63, 3.8) is 0 Å². The number of hydrogen-bond acceptors (Lipinski definition) is 6. The molecule has 1 aliphatic heterocycles. The molecule has 1 atom stereocenters. The first-order chi connectivity index (χ1) is 10.5. The van der Waals surface area contributed by atoms with E-state index in [2.05, 4.69) is 10.5 Å². The van der Waals surface area contributed by atoms with Crippen LogP contribution in [0.4, 0.5) is 0 Å². The van der Waals surface area contributed by atoms with Crippen LogP contribution < -0.4 is 5.43 Å². The Balaban J connectivity index is 2.52. The van der Waals surface area contributed by atoms with Crippen molar-refractivity contribution in [2.24, 2.45) is 5.10 Å². The highest BCUT2D eigenvalue weighted by Gasteiger charge is 2.56. The van der Waals surface area contributed by atoms with Crippen LogP contribution in [0.25, 0.3) is 0 Å². The fraction of sp³-hybridized carbons (Fsp3) is 0.467. The van der Waals surface area contributed by atoms with Crippen LogP contribution in [0, 0.1) is 0 Å². The van der Waals surface area contributed by atoms with Gasteiger partial charge < -0.3 is 9.05 Å². The zero-order valence-electron chi connectivity index (χ0n) is 13.0. The summed E-state index contributed by atoms with van der Waals surface area (Å²) >= 11 is 0. The van der Waals surface area contributed by atoms with Gasteiger partial charge in [0.2, 0.25) is 0 Å². The molecule has 0 saturated heterocycles. The van der Waals surface area contributed by atoms with E-state index in [-0.39, 0.29) is 25.4 Å². The molecule has 0 amide bonds. The minimum atomic E-state index is -3.57. The zero-order valence-corrected chi connectivity index (χ0v) is 13.9. The van der Waals surface area contributed by atoms with Gasteiger partial charge in [0, 0.05) is 13.3 Å². The predicted octanol–water partition coefficient (Wildman–Crippen LogP) is 3.04. The summed E-state index contributed by atoms with van der Waals surface area (Å²) in [4.78, 5) is 11.7. The van der Waals surface area contributed by atoms with Crippen LogP contribution in [0.2, 0.25) is 0 Å². The molecule has 22 heavy (non-hydrogen) atoms. The number of ketones is 1. The lowest BCUT2D eigenvalue weighted by molar-refractivity contribution is -0.111. The Bertz CT molecular complexity index is 607. The third-order valence-corrected chi connectivity index (χ3v) is 6.17. The first kappa shape index (κ1) is 16.9. The average Bonchev–Trinajstić information content (AvgIpc) is 2.96. The van der Waals surface area contributed by atoms with Crippen molar-refractivity contribution < 1.29 is 18.4 Å². The number of nitrogens with zero attached hydrogens (tertiary/aromatic N) is 1. The number of nitrogens with one attached hydrogen (secondary N) is 1. The first-order valence-corrected chi connectivity index (χ1v) is 8.82. The lowest BCUT2D eigenvalue weighted by Gasteiger charge is -2.35. The summed E-state index contributed by atoms with van der Waals surface area (Å²) in [5.41, 5.74) is 3.94. The summed E-state index contributed by atoms with van der Waals surface area (Å²) < 4.78 is 24.5. The topological polar surface area (TPSA) is 77.0 Å². The molecular weight excluding hydrogens is 303 g/mol. The summed E-state index contributed by atoms with van der Waals surface area (Å²) in [6.07, 6.45) is 0.170. The fourth-order valence-electron chi connectivity index (χ4n) is 2.48. The van der Waals surface area contributed by atoms with E-state index in [1.165, 1.54) is 6.92 Å². The molecule has 1 heterocycles. The van der Waals surface area contributed by atoms with E-state index in [4.69, 9.17) is 9.05 Å². The second-order valence-corrected chi connectivity index (χ2v) is 7.24. The molecule has 0 saturated carbocycles. The zero-order chi connectivity index (χ0) is 16.2. The summed E-state index contributed by atoms with van der Waals surface area (Å²) in [6, 6.07) is 9.21. The van der Waals surface area contributed by atoms with E-state index in [0.29, 0.717) is 5.71 Å². The summed E-state index contributed by atoms with van der Waals surface area (Å²) in [7, 11) is -3.57. The van der Waals surface area contributed by atoms with Crippen molar-refractivity contribution in [2.45, 2.75) is 32.5 Å². The standard InChI is InChI=1S/C15H21N2O4P/c1-4-20-22(19,21-5-2)15(13-9-7-6-8-10-13)11-14(12(3)18)16-17-15/h6-10,17H,4-5,11H2,1-3H3. The van der Waals surface area contributed by atoms with Crippen LogP contribution in [0.15, 0.2) is 35.4 Å². The molecule has 120 valence electrons. The van der Waals surface area contributed by atoms with Crippen molar-refractivity contribution in [1.82, 2.24) is 5.43 Å². The van der Waals surface area contributed by atoms with Gasteiger partial charge in [0.05, 0.1) is 13.2 Å². The number of carbonyl (C=O) groups is 1. The maximum Gasteiger partial charge on any atom is 0.362 e. The number of rotatable bonds is 7. The van der Waals surface area contributed by atoms with Crippen molar-refractivity contribution >= 4 is 19.1 Å². The van der Waals surface area contributed by atoms with E-state index < -0.39 is 12.9 Å². The molecule has 0 spiro atoms. The van der Waals surface area contributed by atoms with Crippen molar-refractivity contribution in [3.8, 4) is 0 Å². The molecule has 0 radical (unpaired) electrons. The van der Waals surface area contributed by atoms with Gasteiger partial charge in [0.1, 0.15) is 5.71 Å². The van der Waals surface area contributed by atoms with Gasteiger partial charge in [-0.25, -0.2) is 0 Å². The maximum absolute atomic E-state index is 13.4. The molecule has 0 bridgehead atoms.